The fourth-order valence-electron chi connectivity index (χ4n) is 7.04. The Morgan fingerprint density at radius 2 is 0.774 bits per heavy atom. The Morgan fingerprint density at radius 3 is 1.23 bits per heavy atom. The zero-order valence-electron chi connectivity index (χ0n) is 40.9. The van der Waals surface area contributed by atoms with E-state index in [1.165, 1.54) is 135 Å². The second kappa shape index (κ2) is 52.4. The van der Waals surface area contributed by atoms with Crippen molar-refractivity contribution in [3.8, 4) is 0 Å². The molecule has 0 rings (SSSR count). The lowest BCUT2D eigenvalue weighted by molar-refractivity contribution is -0.162. The third-order valence-electron chi connectivity index (χ3n) is 10.9. The number of allylic oxidation sites excluding steroid dienone is 13. The van der Waals surface area contributed by atoms with Crippen LogP contribution in [0.3, 0.4) is 0 Å². The maximum atomic E-state index is 12.8. The number of carbonyl (C=O) groups is 2. The minimum absolute atomic E-state index is 0.0229. The fraction of sp³-hybridized carbons (Fsp3) is 0.719. The molecule has 0 aliphatic carbocycles. The Morgan fingerprint density at radius 1 is 0.387 bits per heavy atom. The predicted molar refractivity (Wildman–Crippen MR) is 270 cm³/mol. The topological polar surface area (TPSA) is 61.8 Å². The van der Waals surface area contributed by atoms with Crippen molar-refractivity contribution in [2.24, 2.45) is 0 Å². The molecule has 1 atom stereocenters. The second-order valence-corrected chi connectivity index (χ2v) is 17.1. The SMILES string of the molecule is CC/C=C\C/C=C\C/C=C\C/C=C\C/C=C\CC(=O)OCC(COCCCCCCCC/C=C\CCCCCCCC)OC(=O)CCCCCCC/C=C\CCCCCCCC. The maximum Gasteiger partial charge on any atom is 0.309 e. The molecule has 5 nitrogen and oxygen atoms in total. The molecule has 0 saturated carbocycles. The molecule has 356 valence electrons. The van der Waals surface area contributed by atoms with Crippen molar-refractivity contribution in [2.45, 2.75) is 245 Å². The van der Waals surface area contributed by atoms with Crippen molar-refractivity contribution in [1.29, 1.82) is 0 Å². The van der Waals surface area contributed by atoms with Gasteiger partial charge in [0, 0.05) is 13.0 Å². The molecule has 62 heavy (non-hydrogen) atoms. The molecule has 0 bridgehead atoms. The summed E-state index contributed by atoms with van der Waals surface area (Å²) < 4.78 is 17.3. The summed E-state index contributed by atoms with van der Waals surface area (Å²) in [5, 5.41) is 0. The number of carbonyl (C=O) groups excluding carboxylic acids is 2. The number of hydrogen-bond acceptors (Lipinski definition) is 5. The summed E-state index contributed by atoms with van der Waals surface area (Å²) in [6, 6.07) is 0. The van der Waals surface area contributed by atoms with Gasteiger partial charge in [-0.25, -0.2) is 0 Å². The van der Waals surface area contributed by atoms with Gasteiger partial charge in [-0.2, -0.15) is 0 Å². The van der Waals surface area contributed by atoms with Crippen LogP contribution in [0.2, 0.25) is 0 Å². The monoisotopic (exact) mass is 863 g/mol. The molecule has 0 spiro atoms. The molecule has 0 aliphatic rings. The van der Waals surface area contributed by atoms with Crippen LogP contribution in [0.4, 0.5) is 0 Å². The van der Waals surface area contributed by atoms with Gasteiger partial charge in [0.15, 0.2) is 6.10 Å². The lowest BCUT2D eigenvalue weighted by atomic mass is 10.1. The Labute approximate surface area is 384 Å². The van der Waals surface area contributed by atoms with Gasteiger partial charge in [-0.3, -0.25) is 9.59 Å². The molecule has 5 heteroatoms. The quantitative estimate of drug-likeness (QED) is 0.0346. The van der Waals surface area contributed by atoms with Crippen LogP contribution in [0.5, 0.6) is 0 Å². The number of esters is 2. The number of hydrogen-bond donors (Lipinski definition) is 0. The van der Waals surface area contributed by atoms with Crippen molar-refractivity contribution >= 4 is 11.9 Å². The Kier molecular flexibility index (Phi) is 50.0. The second-order valence-electron chi connectivity index (χ2n) is 17.1. The highest BCUT2D eigenvalue weighted by atomic mass is 16.6. The molecular formula is C57H98O5. The minimum atomic E-state index is -0.586. The van der Waals surface area contributed by atoms with Crippen LogP contribution >= 0.6 is 0 Å². The zero-order chi connectivity index (χ0) is 44.9. The van der Waals surface area contributed by atoms with Crippen LogP contribution in [0, 0.1) is 0 Å². The van der Waals surface area contributed by atoms with Gasteiger partial charge >= 0.3 is 11.9 Å². The van der Waals surface area contributed by atoms with Gasteiger partial charge in [-0.15, -0.1) is 0 Å². The molecular weight excluding hydrogens is 765 g/mol. The minimum Gasteiger partial charge on any atom is -0.461 e. The number of unbranched alkanes of at least 4 members (excludes halogenated alkanes) is 23. The molecule has 0 heterocycles. The van der Waals surface area contributed by atoms with Gasteiger partial charge in [0.25, 0.3) is 0 Å². The fourth-order valence-corrected chi connectivity index (χ4v) is 7.04. The van der Waals surface area contributed by atoms with Crippen molar-refractivity contribution in [3.63, 3.8) is 0 Å². The van der Waals surface area contributed by atoms with Crippen LogP contribution in [0.25, 0.3) is 0 Å². The first-order valence-corrected chi connectivity index (χ1v) is 26.1. The zero-order valence-corrected chi connectivity index (χ0v) is 40.9. The summed E-state index contributed by atoms with van der Waals surface area (Å²) in [4.78, 5) is 25.3. The van der Waals surface area contributed by atoms with Crippen LogP contribution in [-0.2, 0) is 23.8 Å². The van der Waals surface area contributed by atoms with Gasteiger partial charge < -0.3 is 14.2 Å². The largest absolute Gasteiger partial charge is 0.461 e. The maximum absolute atomic E-state index is 12.8. The Balaban J connectivity index is 4.41. The summed E-state index contributed by atoms with van der Waals surface area (Å²) in [5.41, 5.74) is 0. The third-order valence-corrected chi connectivity index (χ3v) is 10.9. The van der Waals surface area contributed by atoms with E-state index in [2.05, 4.69) is 93.7 Å². The van der Waals surface area contributed by atoms with Gasteiger partial charge in [-0.1, -0.05) is 215 Å². The first kappa shape index (κ1) is 59.1. The molecule has 0 saturated heterocycles. The van der Waals surface area contributed by atoms with E-state index < -0.39 is 6.10 Å². The molecule has 0 amide bonds. The molecule has 1 unspecified atom stereocenters. The average Bonchev–Trinajstić information content (AvgIpc) is 3.27. The van der Waals surface area contributed by atoms with Crippen LogP contribution < -0.4 is 0 Å². The number of rotatable bonds is 47. The summed E-state index contributed by atoms with van der Waals surface area (Å²) in [6.45, 7) is 7.58. The molecule has 0 N–H and O–H groups in total. The molecule has 0 aromatic rings. The smallest absolute Gasteiger partial charge is 0.309 e. The summed E-state index contributed by atoms with van der Waals surface area (Å²) in [7, 11) is 0. The summed E-state index contributed by atoms with van der Waals surface area (Å²) >= 11 is 0. The van der Waals surface area contributed by atoms with E-state index in [9.17, 15) is 9.59 Å². The molecule has 0 aliphatic heterocycles. The van der Waals surface area contributed by atoms with E-state index in [0.717, 1.165) is 70.6 Å². The highest BCUT2D eigenvalue weighted by Gasteiger charge is 2.17. The van der Waals surface area contributed by atoms with E-state index in [0.29, 0.717) is 13.0 Å². The average molecular weight is 863 g/mol. The van der Waals surface area contributed by atoms with Crippen molar-refractivity contribution < 1.29 is 23.8 Å². The molecule has 0 radical (unpaired) electrons. The normalized spacial score (nSPS) is 12.9. The van der Waals surface area contributed by atoms with Crippen molar-refractivity contribution in [2.75, 3.05) is 19.8 Å². The number of ether oxygens (including phenoxy) is 3. The van der Waals surface area contributed by atoms with E-state index in [-0.39, 0.29) is 31.6 Å². The van der Waals surface area contributed by atoms with Crippen LogP contribution in [0.15, 0.2) is 85.1 Å². The van der Waals surface area contributed by atoms with E-state index in [4.69, 9.17) is 14.2 Å². The van der Waals surface area contributed by atoms with Gasteiger partial charge in [-0.05, 0) is 96.3 Å². The Hall–Kier alpha value is -2.92. The molecule has 0 aromatic carbocycles. The lowest BCUT2D eigenvalue weighted by Gasteiger charge is -2.18. The van der Waals surface area contributed by atoms with E-state index >= 15 is 0 Å². The highest BCUT2D eigenvalue weighted by molar-refractivity contribution is 5.71. The van der Waals surface area contributed by atoms with Crippen molar-refractivity contribution in [1.82, 2.24) is 0 Å². The highest BCUT2D eigenvalue weighted by Crippen LogP contribution is 2.13. The molecule has 0 fully saturated rings. The van der Waals surface area contributed by atoms with E-state index in [1.807, 2.05) is 12.2 Å². The summed E-state index contributed by atoms with van der Waals surface area (Å²) in [6.07, 6.45) is 69.0. The molecule has 0 aromatic heterocycles. The first-order chi connectivity index (χ1) is 30.6. The predicted octanol–water partition coefficient (Wildman–Crippen LogP) is 17.7. The van der Waals surface area contributed by atoms with Crippen LogP contribution in [-0.4, -0.2) is 37.9 Å². The lowest BCUT2D eigenvalue weighted by Crippen LogP contribution is -2.30. The van der Waals surface area contributed by atoms with Crippen molar-refractivity contribution in [3.05, 3.63) is 85.1 Å². The van der Waals surface area contributed by atoms with Gasteiger partial charge in [0.1, 0.15) is 6.61 Å². The van der Waals surface area contributed by atoms with Gasteiger partial charge in [0.2, 0.25) is 0 Å². The van der Waals surface area contributed by atoms with Gasteiger partial charge in [0.05, 0.1) is 13.0 Å². The Bertz CT molecular complexity index is 1160. The van der Waals surface area contributed by atoms with Crippen LogP contribution in [0.1, 0.15) is 239 Å². The first-order valence-electron chi connectivity index (χ1n) is 26.1. The third kappa shape index (κ3) is 49.7. The van der Waals surface area contributed by atoms with E-state index in [1.54, 1.807) is 0 Å². The standard InChI is InChI=1S/C57H98O5/c1-4-7-10-13-16-19-22-25-28-31-34-37-40-43-46-49-52-60-53-55(62-57(59)51-48-45-42-39-36-33-30-27-24-21-18-15-12-9-6-3)54-61-56(58)50-47-44-41-38-35-32-29-26-23-20-17-14-11-8-5-2/h8,11,17,20,25-30,35,38,44,47,55H,4-7,9-10,12-16,18-19,21-24,31-34,36-37,39-43,45-46,48-54H2,1-3H3/b11-8-,20-17-,28-25-,29-26-,30-27-,38-35-,47-44-. The summed E-state index contributed by atoms with van der Waals surface area (Å²) in [5.74, 6) is -0.555.